The van der Waals surface area contributed by atoms with Crippen LogP contribution in [-0.2, 0) is 4.79 Å². The quantitative estimate of drug-likeness (QED) is 0.887. The van der Waals surface area contributed by atoms with Gasteiger partial charge in [-0.2, -0.15) is 0 Å². The molecule has 2 atom stereocenters. The molecule has 1 saturated heterocycles. The summed E-state index contributed by atoms with van der Waals surface area (Å²) in [4.78, 5) is 19.0. The Kier molecular flexibility index (Phi) is 4.72. The van der Waals surface area contributed by atoms with Crippen LogP contribution in [-0.4, -0.2) is 34.9 Å². The minimum absolute atomic E-state index is 0.0296. The van der Waals surface area contributed by atoms with E-state index >= 15 is 0 Å². The fourth-order valence-electron chi connectivity index (χ4n) is 3.31. The Morgan fingerprint density at radius 3 is 3.00 bits per heavy atom. The summed E-state index contributed by atoms with van der Waals surface area (Å²) >= 11 is 0. The SMILES string of the molecule is CC1CCCN(C(=O)/C=C/c2ccc3ccccc3n2)C1CN. The molecular formula is C19H23N3O. The maximum Gasteiger partial charge on any atom is 0.246 e. The number of amides is 1. The minimum atomic E-state index is 0.0296. The number of fused-ring (bicyclic) bond motifs is 1. The van der Waals surface area contributed by atoms with Gasteiger partial charge in [-0.05, 0) is 37.0 Å². The standard InChI is InChI=1S/C19H23N3O/c1-14-5-4-12-22(18(14)13-20)19(23)11-10-16-9-8-15-6-2-3-7-17(15)21-16/h2-3,6-11,14,18H,4-5,12-13,20H2,1H3/b11-10+. The zero-order chi connectivity index (χ0) is 16.2. The minimum Gasteiger partial charge on any atom is -0.335 e. The molecule has 2 aromatic rings. The molecule has 1 aromatic heterocycles. The summed E-state index contributed by atoms with van der Waals surface area (Å²) in [6.45, 7) is 3.49. The number of hydrogen-bond acceptors (Lipinski definition) is 3. The molecule has 4 heteroatoms. The highest BCUT2D eigenvalue weighted by molar-refractivity contribution is 5.92. The third-order valence-corrected chi connectivity index (χ3v) is 4.66. The van der Waals surface area contributed by atoms with Gasteiger partial charge in [-0.3, -0.25) is 4.79 Å². The predicted molar refractivity (Wildman–Crippen MR) is 93.7 cm³/mol. The molecule has 120 valence electrons. The number of aromatic nitrogens is 1. The zero-order valence-electron chi connectivity index (χ0n) is 13.5. The number of benzene rings is 1. The zero-order valence-corrected chi connectivity index (χ0v) is 13.5. The van der Waals surface area contributed by atoms with Gasteiger partial charge in [-0.25, -0.2) is 4.98 Å². The van der Waals surface area contributed by atoms with E-state index in [4.69, 9.17) is 5.73 Å². The second-order valence-electron chi connectivity index (χ2n) is 6.22. The van der Waals surface area contributed by atoms with E-state index < -0.39 is 0 Å². The van der Waals surface area contributed by atoms with Crippen molar-refractivity contribution >= 4 is 22.9 Å². The number of para-hydroxylation sites is 1. The number of piperidine rings is 1. The number of carbonyl (C=O) groups is 1. The first-order chi connectivity index (χ1) is 11.2. The van der Waals surface area contributed by atoms with Crippen molar-refractivity contribution in [1.82, 2.24) is 9.88 Å². The molecule has 1 amide bonds. The summed E-state index contributed by atoms with van der Waals surface area (Å²) in [5.41, 5.74) is 7.60. The molecule has 1 aliphatic heterocycles. The van der Waals surface area contributed by atoms with Crippen molar-refractivity contribution in [1.29, 1.82) is 0 Å². The van der Waals surface area contributed by atoms with Crippen molar-refractivity contribution in [2.75, 3.05) is 13.1 Å². The molecule has 4 nitrogen and oxygen atoms in total. The highest BCUT2D eigenvalue weighted by atomic mass is 16.2. The normalized spacial score (nSPS) is 21.9. The number of rotatable bonds is 3. The molecule has 0 bridgehead atoms. The van der Waals surface area contributed by atoms with Crippen LogP contribution in [0.3, 0.4) is 0 Å². The second-order valence-corrected chi connectivity index (χ2v) is 6.22. The van der Waals surface area contributed by atoms with Gasteiger partial charge >= 0.3 is 0 Å². The van der Waals surface area contributed by atoms with Crippen LogP contribution in [0, 0.1) is 5.92 Å². The van der Waals surface area contributed by atoms with E-state index in [-0.39, 0.29) is 11.9 Å². The van der Waals surface area contributed by atoms with Gasteiger partial charge in [0.05, 0.1) is 11.2 Å². The number of carbonyl (C=O) groups excluding carboxylic acids is 1. The first-order valence-electron chi connectivity index (χ1n) is 8.23. The molecule has 2 N–H and O–H groups in total. The smallest absolute Gasteiger partial charge is 0.246 e. The summed E-state index contributed by atoms with van der Waals surface area (Å²) < 4.78 is 0. The molecular weight excluding hydrogens is 286 g/mol. The first kappa shape index (κ1) is 15.7. The van der Waals surface area contributed by atoms with Crippen molar-refractivity contribution in [3.8, 4) is 0 Å². The van der Waals surface area contributed by atoms with Gasteiger partial charge in [-0.1, -0.05) is 31.2 Å². The molecule has 1 aliphatic rings. The van der Waals surface area contributed by atoms with E-state index in [0.717, 1.165) is 36.0 Å². The Morgan fingerprint density at radius 2 is 2.17 bits per heavy atom. The molecule has 0 aliphatic carbocycles. The van der Waals surface area contributed by atoms with Crippen molar-refractivity contribution in [2.45, 2.75) is 25.8 Å². The molecule has 1 aromatic carbocycles. The fraction of sp³-hybridized carbons (Fsp3) is 0.368. The van der Waals surface area contributed by atoms with Crippen LogP contribution in [0.2, 0.25) is 0 Å². The molecule has 0 saturated carbocycles. The first-order valence-corrected chi connectivity index (χ1v) is 8.23. The third kappa shape index (κ3) is 3.42. The maximum atomic E-state index is 12.5. The Balaban J connectivity index is 1.76. The topological polar surface area (TPSA) is 59.2 Å². The van der Waals surface area contributed by atoms with E-state index in [0.29, 0.717) is 12.5 Å². The van der Waals surface area contributed by atoms with Gasteiger partial charge in [0.15, 0.2) is 0 Å². The van der Waals surface area contributed by atoms with E-state index in [2.05, 4.69) is 11.9 Å². The lowest BCUT2D eigenvalue weighted by molar-refractivity contribution is -0.130. The lowest BCUT2D eigenvalue weighted by Gasteiger charge is -2.38. The summed E-state index contributed by atoms with van der Waals surface area (Å²) in [7, 11) is 0. The lowest BCUT2D eigenvalue weighted by Crippen LogP contribution is -2.50. The Hall–Kier alpha value is -2.20. The van der Waals surface area contributed by atoms with Crippen LogP contribution < -0.4 is 5.73 Å². The van der Waals surface area contributed by atoms with Crippen molar-refractivity contribution in [2.24, 2.45) is 11.7 Å². The van der Waals surface area contributed by atoms with Gasteiger partial charge in [0, 0.05) is 30.6 Å². The number of nitrogens with zero attached hydrogens (tertiary/aromatic N) is 2. The van der Waals surface area contributed by atoms with Crippen molar-refractivity contribution < 1.29 is 4.79 Å². The summed E-state index contributed by atoms with van der Waals surface area (Å²) in [6.07, 6.45) is 5.60. The van der Waals surface area contributed by atoms with Crippen molar-refractivity contribution in [3.05, 3.63) is 48.2 Å². The Morgan fingerprint density at radius 1 is 1.35 bits per heavy atom. The molecule has 2 heterocycles. The Labute approximate surface area is 137 Å². The number of likely N-dealkylation sites (tertiary alicyclic amines) is 1. The van der Waals surface area contributed by atoms with E-state index in [1.165, 1.54) is 0 Å². The lowest BCUT2D eigenvalue weighted by atomic mass is 9.90. The van der Waals surface area contributed by atoms with Crippen LogP contribution in [0.25, 0.3) is 17.0 Å². The number of hydrogen-bond donors (Lipinski definition) is 1. The van der Waals surface area contributed by atoms with E-state index in [9.17, 15) is 4.79 Å². The average Bonchev–Trinajstić information content (AvgIpc) is 2.59. The predicted octanol–water partition coefficient (Wildman–Crippen LogP) is 2.83. The van der Waals surface area contributed by atoms with Crippen molar-refractivity contribution in [3.63, 3.8) is 0 Å². The highest BCUT2D eigenvalue weighted by Gasteiger charge is 2.29. The van der Waals surface area contributed by atoms with Gasteiger partial charge in [-0.15, -0.1) is 0 Å². The molecule has 2 unspecified atom stereocenters. The van der Waals surface area contributed by atoms with Crippen LogP contribution in [0.4, 0.5) is 0 Å². The van der Waals surface area contributed by atoms with Crippen LogP contribution in [0.1, 0.15) is 25.5 Å². The van der Waals surface area contributed by atoms with Gasteiger partial charge in [0.1, 0.15) is 0 Å². The summed E-state index contributed by atoms with van der Waals surface area (Å²) in [6, 6.07) is 12.1. The van der Waals surface area contributed by atoms with Gasteiger partial charge in [0.2, 0.25) is 5.91 Å². The fourth-order valence-corrected chi connectivity index (χ4v) is 3.31. The van der Waals surface area contributed by atoms with E-state index in [1.807, 2.05) is 41.3 Å². The molecule has 23 heavy (non-hydrogen) atoms. The van der Waals surface area contributed by atoms with Gasteiger partial charge < -0.3 is 10.6 Å². The largest absolute Gasteiger partial charge is 0.335 e. The molecule has 0 radical (unpaired) electrons. The summed E-state index contributed by atoms with van der Waals surface area (Å²) in [5, 5.41) is 1.10. The average molecular weight is 309 g/mol. The highest BCUT2D eigenvalue weighted by Crippen LogP contribution is 2.23. The van der Waals surface area contributed by atoms with E-state index in [1.54, 1.807) is 12.2 Å². The third-order valence-electron chi connectivity index (χ3n) is 4.66. The maximum absolute atomic E-state index is 12.5. The summed E-state index contributed by atoms with van der Waals surface area (Å²) in [5.74, 6) is 0.492. The van der Waals surface area contributed by atoms with Crippen LogP contribution >= 0.6 is 0 Å². The molecule has 0 spiro atoms. The number of nitrogens with two attached hydrogens (primary N) is 1. The van der Waals surface area contributed by atoms with Crippen LogP contribution in [0.15, 0.2) is 42.5 Å². The molecule has 3 rings (SSSR count). The molecule has 1 fully saturated rings. The monoisotopic (exact) mass is 309 g/mol. The van der Waals surface area contributed by atoms with Crippen LogP contribution in [0.5, 0.6) is 0 Å². The Bertz CT molecular complexity index is 725. The second kappa shape index (κ2) is 6.92. The number of pyridine rings is 1. The van der Waals surface area contributed by atoms with Gasteiger partial charge in [0.25, 0.3) is 0 Å².